The highest BCUT2D eigenvalue weighted by molar-refractivity contribution is 6.09. The standard InChI is InChI=1S/C17H16N2O2/c20-17(19-7-9-21-10-8-19)16-11-14-13-4-2-1-3-12(13)5-6-15(14)18-16/h1-6,11,18H,7-10H2. The molecule has 1 amide bonds. The highest BCUT2D eigenvalue weighted by Crippen LogP contribution is 2.26. The normalized spacial score (nSPS) is 15.7. The second-order valence-electron chi connectivity index (χ2n) is 5.34. The van der Waals surface area contributed by atoms with Crippen molar-refractivity contribution in [3.05, 3.63) is 48.2 Å². The van der Waals surface area contributed by atoms with Crippen LogP contribution in [0.2, 0.25) is 0 Å². The van der Waals surface area contributed by atoms with E-state index >= 15 is 0 Å². The zero-order chi connectivity index (χ0) is 14.2. The summed E-state index contributed by atoms with van der Waals surface area (Å²) < 4.78 is 5.30. The van der Waals surface area contributed by atoms with E-state index in [9.17, 15) is 4.79 Å². The van der Waals surface area contributed by atoms with Gasteiger partial charge in [0.15, 0.2) is 0 Å². The van der Waals surface area contributed by atoms with Crippen molar-refractivity contribution in [1.29, 1.82) is 0 Å². The van der Waals surface area contributed by atoms with Crippen LogP contribution in [-0.4, -0.2) is 42.1 Å². The minimum absolute atomic E-state index is 0.0542. The van der Waals surface area contributed by atoms with Crippen LogP contribution in [0.3, 0.4) is 0 Å². The maximum absolute atomic E-state index is 12.5. The Morgan fingerprint density at radius 3 is 2.71 bits per heavy atom. The molecule has 1 fully saturated rings. The third kappa shape index (κ3) is 2.08. The van der Waals surface area contributed by atoms with Crippen LogP contribution in [-0.2, 0) is 4.74 Å². The molecule has 106 valence electrons. The average molecular weight is 280 g/mol. The summed E-state index contributed by atoms with van der Waals surface area (Å²) in [6, 6.07) is 14.3. The second kappa shape index (κ2) is 4.90. The number of aromatic nitrogens is 1. The van der Waals surface area contributed by atoms with Gasteiger partial charge in [0.2, 0.25) is 0 Å². The van der Waals surface area contributed by atoms with Crippen LogP contribution in [0.15, 0.2) is 42.5 Å². The maximum atomic E-state index is 12.5. The second-order valence-corrected chi connectivity index (χ2v) is 5.34. The zero-order valence-electron chi connectivity index (χ0n) is 11.6. The highest BCUT2D eigenvalue weighted by Gasteiger charge is 2.20. The molecule has 1 aromatic heterocycles. The number of carbonyl (C=O) groups excluding carboxylic acids is 1. The molecule has 21 heavy (non-hydrogen) atoms. The molecule has 1 saturated heterocycles. The number of benzene rings is 2. The number of fused-ring (bicyclic) bond motifs is 3. The molecule has 4 rings (SSSR count). The van der Waals surface area contributed by atoms with Crippen molar-refractivity contribution < 1.29 is 9.53 Å². The lowest BCUT2D eigenvalue weighted by Crippen LogP contribution is -2.40. The molecular formula is C17H16N2O2. The Kier molecular flexibility index (Phi) is 2.89. The van der Waals surface area contributed by atoms with Crippen LogP contribution in [0.1, 0.15) is 10.5 Å². The third-order valence-electron chi connectivity index (χ3n) is 4.06. The van der Waals surface area contributed by atoms with Crippen LogP contribution < -0.4 is 0 Å². The number of morpholine rings is 1. The number of rotatable bonds is 1. The summed E-state index contributed by atoms with van der Waals surface area (Å²) in [6.45, 7) is 2.56. The smallest absolute Gasteiger partial charge is 0.270 e. The first-order chi connectivity index (χ1) is 10.3. The lowest BCUT2D eigenvalue weighted by molar-refractivity contribution is 0.0299. The zero-order valence-corrected chi connectivity index (χ0v) is 11.6. The summed E-state index contributed by atoms with van der Waals surface area (Å²) in [6.07, 6.45) is 0. The summed E-state index contributed by atoms with van der Waals surface area (Å²) >= 11 is 0. The van der Waals surface area contributed by atoms with Gasteiger partial charge < -0.3 is 14.6 Å². The van der Waals surface area contributed by atoms with Gasteiger partial charge >= 0.3 is 0 Å². The molecule has 0 saturated carbocycles. The maximum Gasteiger partial charge on any atom is 0.270 e. The molecule has 1 N–H and O–H groups in total. The van der Waals surface area contributed by atoms with E-state index in [1.54, 1.807) is 0 Å². The van der Waals surface area contributed by atoms with Gasteiger partial charge in [-0.25, -0.2) is 0 Å². The molecule has 2 aromatic carbocycles. The number of H-pyrrole nitrogens is 1. The summed E-state index contributed by atoms with van der Waals surface area (Å²) in [7, 11) is 0. The van der Waals surface area contributed by atoms with Crippen molar-refractivity contribution in [3.8, 4) is 0 Å². The first kappa shape index (κ1) is 12.4. The van der Waals surface area contributed by atoms with E-state index in [1.165, 1.54) is 10.8 Å². The van der Waals surface area contributed by atoms with Gasteiger partial charge in [0.1, 0.15) is 5.69 Å². The number of amides is 1. The Morgan fingerprint density at radius 1 is 1.05 bits per heavy atom. The number of aromatic amines is 1. The Labute approximate surface area is 122 Å². The number of nitrogens with zero attached hydrogens (tertiary/aromatic N) is 1. The predicted octanol–water partition coefficient (Wildman–Crippen LogP) is 2.79. The van der Waals surface area contributed by atoms with Crippen LogP contribution in [0.25, 0.3) is 21.7 Å². The topological polar surface area (TPSA) is 45.3 Å². The lowest BCUT2D eigenvalue weighted by atomic mass is 10.1. The fraction of sp³-hybridized carbons (Fsp3) is 0.235. The Balaban J connectivity index is 1.79. The van der Waals surface area contributed by atoms with Crippen LogP contribution in [0.4, 0.5) is 0 Å². The molecule has 4 heteroatoms. The molecule has 0 bridgehead atoms. The Bertz CT molecular complexity index is 816. The number of hydrogen-bond acceptors (Lipinski definition) is 2. The molecule has 4 nitrogen and oxygen atoms in total. The molecule has 0 unspecified atom stereocenters. The SMILES string of the molecule is O=C(c1cc2c(ccc3ccccc32)[nH]1)N1CCOCC1. The first-order valence-electron chi connectivity index (χ1n) is 7.20. The summed E-state index contributed by atoms with van der Waals surface area (Å²) in [4.78, 5) is 17.6. The first-order valence-corrected chi connectivity index (χ1v) is 7.20. The largest absolute Gasteiger partial charge is 0.378 e. The van der Waals surface area contributed by atoms with Crippen LogP contribution in [0.5, 0.6) is 0 Å². The Morgan fingerprint density at radius 2 is 1.86 bits per heavy atom. The number of nitrogens with one attached hydrogen (secondary N) is 1. The predicted molar refractivity (Wildman–Crippen MR) is 82.5 cm³/mol. The van der Waals surface area contributed by atoms with Gasteiger partial charge in [-0.1, -0.05) is 30.3 Å². The molecule has 1 aliphatic rings. The molecular weight excluding hydrogens is 264 g/mol. The van der Waals surface area contributed by atoms with Gasteiger partial charge in [-0.15, -0.1) is 0 Å². The Hall–Kier alpha value is -2.33. The minimum atomic E-state index is 0.0542. The molecule has 2 heterocycles. The summed E-state index contributed by atoms with van der Waals surface area (Å²) in [5.41, 5.74) is 1.66. The van der Waals surface area contributed by atoms with Crippen LogP contribution in [0, 0.1) is 0 Å². The molecule has 1 aliphatic heterocycles. The molecule has 0 aliphatic carbocycles. The van der Waals surface area contributed by atoms with E-state index in [1.807, 2.05) is 29.2 Å². The molecule has 3 aromatic rings. The van der Waals surface area contributed by atoms with E-state index in [0.717, 1.165) is 10.9 Å². The van der Waals surface area contributed by atoms with Crippen LogP contribution >= 0.6 is 0 Å². The van der Waals surface area contributed by atoms with E-state index < -0.39 is 0 Å². The van der Waals surface area contributed by atoms with Crippen molar-refractivity contribution in [2.75, 3.05) is 26.3 Å². The average Bonchev–Trinajstić information content (AvgIpc) is 2.99. The van der Waals surface area contributed by atoms with Gasteiger partial charge in [0, 0.05) is 24.0 Å². The van der Waals surface area contributed by atoms with Gasteiger partial charge in [0.25, 0.3) is 5.91 Å². The lowest BCUT2D eigenvalue weighted by Gasteiger charge is -2.26. The molecule has 0 spiro atoms. The van der Waals surface area contributed by atoms with Crippen molar-refractivity contribution >= 4 is 27.6 Å². The minimum Gasteiger partial charge on any atom is -0.378 e. The fourth-order valence-corrected chi connectivity index (χ4v) is 2.94. The van der Waals surface area contributed by atoms with E-state index in [4.69, 9.17) is 4.74 Å². The van der Waals surface area contributed by atoms with Crippen molar-refractivity contribution in [1.82, 2.24) is 9.88 Å². The number of ether oxygens (including phenoxy) is 1. The quantitative estimate of drug-likeness (QED) is 0.745. The van der Waals surface area contributed by atoms with E-state index in [2.05, 4.69) is 23.2 Å². The van der Waals surface area contributed by atoms with E-state index in [-0.39, 0.29) is 5.91 Å². The molecule has 0 atom stereocenters. The van der Waals surface area contributed by atoms with Crippen molar-refractivity contribution in [2.45, 2.75) is 0 Å². The molecule has 0 radical (unpaired) electrons. The number of carbonyl (C=O) groups is 1. The van der Waals surface area contributed by atoms with Gasteiger partial charge in [-0.05, 0) is 22.9 Å². The fourth-order valence-electron chi connectivity index (χ4n) is 2.94. The van der Waals surface area contributed by atoms with Crippen molar-refractivity contribution in [2.24, 2.45) is 0 Å². The van der Waals surface area contributed by atoms with Gasteiger partial charge in [-0.2, -0.15) is 0 Å². The van der Waals surface area contributed by atoms with Gasteiger partial charge in [0.05, 0.1) is 13.2 Å². The number of hydrogen-bond donors (Lipinski definition) is 1. The summed E-state index contributed by atoms with van der Waals surface area (Å²) in [5.74, 6) is 0.0542. The van der Waals surface area contributed by atoms with Gasteiger partial charge in [-0.3, -0.25) is 4.79 Å². The highest BCUT2D eigenvalue weighted by atomic mass is 16.5. The van der Waals surface area contributed by atoms with Crippen molar-refractivity contribution in [3.63, 3.8) is 0 Å². The monoisotopic (exact) mass is 280 g/mol. The third-order valence-corrected chi connectivity index (χ3v) is 4.06. The van der Waals surface area contributed by atoms with E-state index in [0.29, 0.717) is 32.0 Å². The summed E-state index contributed by atoms with van der Waals surface area (Å²) in [5, 5.41) is 3.46.